The second-order valence-electron chi connectivity index (χ2n) is 6.07. The zero-order valence-corrected chi connectivity index (χ0v) is 14.7. The number of rotatable bonds is 5. The molecular weight excluding hydrogens is 375 g/mol. The molecule has 0 atom stereocenters. The number of alkyl halides is 3. The van der Waals surface area contributed by atoms with Crippen molar-refractivity contribution in [3.8, 4) is 11.6 Å². The Kier molecular flexibility index (Phi) is 4.34. The number of methoxy groups -OCH3 is 1. The minimum atomic E-state index is -4.55. The summed E-state index contributed by atoms with van der Waals surface area (Å²) in [5, 5.41) is 7.32. The molecule has 0 fully saturated rings. The van der Waals surface area contributed by atoms with Crippen LogP contribution in [0.2, 0.25) is 0 Å². The number of ether oxygens (including phenoxy) is 1. The molecule has 7 nitrogen and oxygen atoms in total. The predicted molar refractivity (Wildman–Crippen MR) is 94.3 cm³/mol. The minimum absolute atomic E-state index is 0.0437. The Balaban J connectivity index is 1.97. The van der Waals surface area contributed by atoms with Crippen LogP contribution in [0.1, 0.15) is 17.7 Å². The van der Waals surface area contributed by atoms with Gasteiger partial charge < -0.3 is 9.15 Å². The standard InChI is InChI=1S/C18H14F3N5O2/c1-10(5-6-27-2)13-7-12(18(19,20)21)11-3-4-15-23-14(17-25-22-9-28-17)8-26(15)16(11)24-13/h3-4,7-9H,1,5-6H2,2H3. The lowest BCUT2D eigenvalue weighted by Crippen LogP contribution is -2.09. The van der Waals surface area contributed by atoms with Gasteiger partial charge in [-0.2, -0.15) is 13.2 Å². The van der Waals surface area contributed by atoms with Crippen molar-refractivity contribution in [1.29, 1.82) is 0 Å². The van der Waals surface area contributed by atoms with Gasteiger partial charge in [0.1, 0.15) is 17.0 Å². The van der Waals surface area contributed by atoms with Crippen LogP contribution in [0.5, 0.6) is 0 Å². The van der Waals surface area contributed by atoms with Crippen LogP contribution in [0.3, 0.4) is 0 Å². The monoisotopic (exact) mass is 389 g/mol. The molecule has 0 saturated carbocycles. The third kappa shape index (κ3) is 3.11. The fraction of sp³-hybridized carbons (Fsp3) is 0.222. The van der Waals surface area contributed by atoms with Crippen molar-refractivity contribution in [3.63, 3.8) is 0 Å². The van der Waals surface area contributed by atoms with Gasteiger partial charge in [0, 0.05) is 18.7 Å². The van der Waals surface area contributed by atoms with Gasteiger partial charge in [-0.05, 0) is 30.2 Å². The fourth-order valence-electron chi connectivity index (χ4n) is 2.89. The SMILES string of the molecule is C=C(CCOC)c1cc(C(F)(F)F)c2ccc3nc(-c4nnco4)cn3c2n1. The third-order valence-corrected chi connectivity index (χ3v) is 4.25. The van der Waals surface area contributed by atoms with Crippen molar-refractivity contribution in [2.75, 3.05) is 13.7 Å². The topological polar surface area (TPSA) is 78.3 Å². The number of imidazole rings is 1. The van der Waals surface area contributed by atoms with E-state index in [1.807, 2.05) is 0 Å². The molecule has 0 N–H and O–H groups in total. The first-order valence-corrected chi connectivity index (χ1v) is 8.22. The van der Waals surface area contributed by atoms with E-state index in [9.17, 15) is 13.2 Å². The normalized spacial score (nSPS) is 12.1. The molecule has 0 aliphatic carbocycles. The summed E-state index contributed by atoms with van der Waals surface area (Å²) in [6, 6.07) is 3.85. The van der Waals surface area contributed by atoms with Gasteiger partial charge >= 0.3 is 6.18 Å². The maximum atomic E-state index is 13.7. The predicted octanol–water partition coefficient (Wildman–Crippen LogP) is 4.00. The van der Waals surface area contributed by atoms with Crippen molar-refractivity contribution in [2.45, 2.75) is 12.6 Å². The van der Waals surface area contributed by atoms with Gasteiger partial charge in [-0.15, -0.1) is 10.2 Å². The van der Waals surface area contributed by atoms with E-state index < -0.39 is 11.7 Å². The third-order valence-electron chi connectivity index (χ3n) is 4.25. The van der Waals surface area contributed by atoms with Gasteiger partial charge in [-0.3, -0.25) is 4.40 Å². The van der Waals surface area contributed by atoms with E-state index in [1.54, 1.807) is 0 Å². The average molecular weight is 389 g/mol. The molecule has 0 spiro atoms. The number of nitrogens with zero attached hydrogens (tertiary/aromatic N) is 5. The molecule has 28 heavy (non-hydrogen) atoms. The number of hydrogen-bond acceptors (Lipinski definition) is 6. The lowest BCUT2D eigenvalue weighted by atomic mass is 10.0. The number of hydrogen-bond donors (Lipinski definition) is 0. The smallest absolute Gasteiger partial charge is 0.417 e. The van der Waals surface area contributed by atoms with E-state index in [-0.39, 0.29) is 22.6 Å². The molecule has 0 bridgehead atoms. The largest absolute Gasteiger partial charge is 0.422 e. The van der Waals surface area contributed by atoms with Gasteiger partial charge in [0.2, 0.25) is 6.39 Å². The Hall–Kier alpha value is -3.27. The van der Waals surface area contributed by atoms with Gasteiger partial charge in [-0.25, -0.2) is 9.97 Å². The zero-order chi connectivity index (χ0) is 19.9. The molecule has 0 amide bonds. The molecule has 0 unspecified atom stereocenters. The van der Waals surface area contributed by atoms with Gasteiger partial charge in [0.15, 0.2) is 0 Å². The van der Waals surface area contributed by atoms with Gasteiger partial charge in [0.05, 0.1) is 17.9 Å². The highest BCUT2D eigenvalue weighted by Crippen LogP contribution is 2.36. The number of fused-ring (bicyclic) bond motifs is 3. The average Bonchev–Trinajstić information content (AvgIpc) is 3.33. The Labute approximate surface area is 156 Å². The van der Waals surface area contributed by atoms with E-state index in [4.69, 9.17) is 9.15 Å². The lowest BCUT2D eigenvalue weighted by Gasteiger charge is -2.14. The quantitative estimate of drug-likeness (QED) is 0.513. The van der Waals surface area contributed by atoms with E-state index in [0.717, 1.165) is 12.5 Å². The van der Waals surface area contributed by atoms with Crippen molar-refractivity contribution >= 4 is 22.3 Å². The van der Waals surface area contributed by atoms with Crippen LogP contribution in [-0.2, 0) is 10.9 Å². The van der Waals surface area contributed by atoms with Crippen molar-refractivity contribution in [1.82, 2.24) is 24.6 Å². The highest BCUT2D eigenvalue weighted by Gasteiger charge is 2.34. The molecule has 0 aliphatic rings. The summed E-state index contributed by atoms with van der Waals surface area (Å²) in [5.74, 6) is 0.161. The first kappa shape index (κ1) is 18.1. The van der Waals surface area contributed by atoms with E-state index >= 15 is 0 Å². The molecule has 4 aromatic heterocycles. The Morgan fingerprint density at radius 3 is 2.79 bits per heavy atom. The van der Waals surface area contributed by atoms with Crippen molar-refractivity contribution in [2.24, 2.45) is 0 Å². The van der Waals surface area contributed by atoms with Crippen LogP contribution in [0.4, 0.5) is 13.2 Å². The summed E-state index contributed by atoms with van der Waals surface area (Å²) >= 11 is 0. The maximum Gasteiger partial charge on any atom is 0.417 e. The minimum Gasteiger partial charge on any atom is -0.422 e. The highest BCUT2D eigenvalue weighted by molar-refractivity contribution is 5.85. The van der Waals surface area contributed by atoms with Crippen molar-refractivity contribution < 1.29 is 22.3 Å². The Morgan fingerprint density at radius 2 is 2.11 bits per heavy atom. The molecular formula is C18H14F3N5O2. The molecule has 4 aromatic rings. The van der Waals surface area contributed by atoms with Crippen LogP contribution in [0, 0.1) is 0 Å². The number of aromatic nitrogens is 5. The fourth-order valence-corrected chi connectivity index (χ4v) is 2.89. The second kappa shape index (κ2) is 6.71. The molecule has 0 radical (unpaired) electrons. The zero-order valence-electron chi connectivity index (χ0n) is 14.7. The summed E-state index contributed by atoms with van der Waals surface area (Å²) in [6.45, 7) is 4.18. The molecule has 4 heterocycles. The summed E-state index contributed by atoms with van der Waals surface area (Å²) in [6.07, 6.45) is -1.53. The summed E-state index contributed by atoms with van der Waals surface area (Å²) in [4.78, 5) is 8.75. The van der Waals surface area contributed by atoms with Gasteiger partial charge in [-0.1, -0.05) is 6.58 Å². The molecule has 0 aliphatic heterocycles. The van der Waals surface area contributed by atoms with Crippen molar-refractivity contribution in [3.05, 3.63) is 48.6 Å². The summed E-state index contributed by atoms with van der Waals surface area (Å²) < 4.78 is 52.7. The van der Waals surface area contributed by atoms with Crippen LogP contribution < -0.4 is 0 Å². The molecule has 0 aromatic carbocycles. The van der Waals surface area contributed by atoms with E-state index in [0.29, 0.717) is 29.9 Å². The Morgan fingerprint density at radius 1 is 1.29 bits per heavy atom. The van der Waals surface area contributed by atoms with Crippen LogP contribution in [0.25, 0.3) is 33.8 Å². The van der Waals surface area contributed by atoms with Crippen LogP contribution >= 0.6 is 0 Å². The van der Waals surface area contributed by atoms with Crippen LogP contribution in [-0.4, -0.2) is 38.3 Å². The van der Waals surface area contributed by atoms with E-state index in [2.05, 4.69) is 26.7 Å². The van der Waals surface area contributed by atoms with Gasteiger partial charge in [0.25, 0.3) is 5.89 Å². The first-order valence-electron chi connectivity index (χ1n) is 8.22. The van der Waals surface area contributed by atoms with Crippen LogP contribution in [0.15, 0.2) is 41.8 Å². The summed E-state index contributed by atoms with van der Waals surface area (Å²) in [5.41, 5.74) is 0.658. The van der Waals surface area contributed by atoms with E-state index in [1.165, 1.54) is 29.8 Å². The first-order chi connectivity index (χ1) is 13.4. The number of pyridine rings is 2. The lowest BCUT2D eigenvalue weighted by molar-refractivity contribution is -0.136. The second-order valence-corrected chi connectivity index (χ2v) is 6.07. The molecule has 10 heteroatoms. The summed E-state index contributed by atoms with van der Waals surface area (Å²) in [7, 11) is 1.51. The number of halogens is 3. The molecule has 4 rings (SSSR count). The highest BCUT2D eigenvalue weighted by atomic mass is 19.4. The molecule has 144 valence electrons. The molecule has 0 saturated heterocycles. The maximum absolute atomic E-state index is 13.7. The Bertz CT molecular complexity index is 1170.